The second kappa shape index (κ2) is 8.47. The second-order valence-corrected chi connectivity index (χ2v) is 4.55. The smallest absolute Gasteiger partial charge is 0.0867 e. The van der Waals surface area contributed by atoms with Gasteiger partial charge in [0, 0.05) is 0 Å². The van der Waals surface area contributed by atoms with Crippen LogP contribution in [0.25, 0.3) is 10.4 Å². The van der Waals surface area contributed by atoms with Gasteiger partial charge in [-0.25, -0.2) is 4.98 Å². The number of hydrogen-bond acceptors (Lipinski definition) is 5. The molecule has 2 aromatic rings. The highest BCUT2D eigenvalue weighted by Gasteiger charge is 2.09. The minimum absolute atomic E-state index is 0. The Morgan fingerprint density at radius 2 is 1.79 bits per heavy atom. The molecule has 19 heavy (non-hydrogen) atoms. The third kappa shape index (κ3) is 4.14. The number of aliphatic hydroxyl groups is 2. The van der Waals surface area contributed by atoms with E-state index >= 15 is 0 Å². The van der Waals surface area contributed by atoms with Crippen LogP contribution in [0.1, 0.15) is 17.3 Å². The Morgan fingerprint density at radius 3 is 2.32 bits per heavy atom. The molecular formula is C12H16Cl2N2O2S. The van der Waals surface area contributed by atoms with E-state index < -0.39 is 0 Å². The Bertz CT molecular complexity index is 491. The van der Waals surface area contributed by atoms with E-state index in [4.69, 9.17) is 15.9 Å². The zero-order valence-electron chi connectivity index (χ0n) is 10.0. The summed E-state index contributed by atoms with van der Waals surface area (Å²) in [6.07, 6.45) is 0. The summed E-state index contributed by atoms with van der Waals surface area (Å²) in [5.41, 5.74) is 10.0. The van der Waals surface area contributed by atoms with Gasteiger partial charge in [0.2, 0.25) is 0 Å². The summed E-state index contributed by atoms with van der Waals surface area (Å²) >= 11 is 1.50. The number of rotatable bonds is 4. The zero-order chi connectivity index (χ0) is 12.3. The van der Waals surface area contributed by atoms with Gasteiger partial charge in [0.25, 0.3) is 0 Å². The Hall–Kier alpha value is -0.690. The van der Waals surface area contributed by atoms with Crippen molar-refractivity contribution in [3.8, 4) is 10.4 Å². The summed E-state index contributed by atoms with van der Waals surface area (Å²) in [4.78, 5) is 5.06. The largest absolute Gasteiger partial charge is 0.394 e. The van der Waals surface area contributed by atoms with Crippen molar-refractivity contribution in [1.29, 1.82) is 0 Å². The van der Waals surface area contributed by atoms with E-state index in [1.54, 1.807) is 5.51 Å². The molecule has 0 amide bonds. The third-order valence-electron chi connectivity index (χ3n) is 2.59. The Kier molecular flexibility index (Phi) is 8.17. The van der Waals surface area contributed by atoms with Crippen LogP contribution in [-0.2, 0) is 6.61 Å². The molecule has 4 nitrogen and oxygen atoms in total. The second-order valence-electron chi connectivity index (χ2n) is 3.70. The van der Waals surface area contributed by atoms with Crippen LogP contribution >= 0.6 is 36.2 Å². The lowest BCUT2D eigenvalue weighted by Gasteiger charge is -2.09. The van der Waals surface area contributed by atoms with Crippen LogP contribution in [0.2, 0.25) is 0 Å². The number of aromatic nitrogens is 1. The van der Waals surface area contributed by atoms with E-state index in [9.17, 15) is 0 Å². The van der Waals surface area contributed by atoms with Crippen molar-refractivity contribution in [1.82, 2.24) is 4.98 Å². The summed E-state index contributed by atoms with van der Waals surface area (Å²) in [6, 6.07) is 7.28. The van der Waals surface area contributed by atoms with Gasteiger partial charge in [-0.1, -0.05) is 24.3 Å². The van der Waals surface area contributed by atoms with Crippen LogP contribution in [0.4, 0.5) is 0 Å². The Morgan fingerprint density at radius 1 is 1.16 bits per heavy atom. The SMILES string of the molecule is Cl.Cl.N[C@@H](CO)c1ccc(-c2scnc2CO)cc1. The van der Waals surface area contributed by atoms with Gasteiger partial charge < -0.3 is 15.9 Å². The molecule has 1 heterocycles. The van der Waals surface area contributed by atoms with E-state index in [-0.39, 0.29) is 44.1 Å². The third-order valence-corrected chi connectivity index (χ3v) is 3.51. The molecule has 0 bridgehead atoms. The van der Waals surface area contributed by atoms with Crippen molar-refractivity contribution in [2.45, 2.75) is 12.6 Å². The van der Waals surface area contributed by atoms with E-state index in [0.29, 0.717) is 5.69 Å². The van der Waals surface area contributed by atoms with Crippen LogP contribution < -0.4 is 5.73 Å². The van der Waals surface area contributed by atoms with Crippen LogP contribution in [0.5, 0.6) is 0 Å². The van der Waals surface area contributed by atoms with Crippen LogP contribution in [-0.4, -0.2) is 21.8 Å². The molecule has 0 spiro atoms. The van der Waals surface area contributed by atoms with Crippen LogP contribution in [0.3, 0.4) is 0 Å². The number of aliphatic hydroxyl groups excluding tert-OH is 2. The van der Waals surface area contributed by atoms with Crippen molar-refractivity contribution in [2.24, 2.45) is 5.73 Å². The fraction of sp³-hybridized carbons (Fsp3) is 0.250. The highest BCUT2D eigenvalue weighted by molar-refractivity contribution is 7.13. The van der Waals surface area contributed by atoms with E-state index in [2.05, 4.69) is 4.98 Å². The summed E-state index contributed by atoms with van der Waals surface area (Å²) in [5.74, 6) is 0. The number of nitrogens with zero attached hydrogens (tertiary/aromatic N) is 1. The maximum atomic E-state index is 9.14. The predicted molar refractivity (Wildman–Crippen MR) is 82.0 cm³/mol. The topological polar surface area (TPSA) is 79.4 Å². The Balaban J connectivity index is 0.00000162. The molecule has 2 rings (SSSR count). The maximum Gasteiger partial charge on any atom is 0.0867 e. The maximum absolute atomic E-state index is 9.14. The van der Waals surface area contributed by atoms with Gasteiger partial charge in [0.1, 0.15) is 0 Å². The van der Waals surface area contributed by atoms with E-state index in [0.717, 1.165) is 16.0 Å². The van der Waals surface area contributed by atoms with Crippen LogP contribution in [0.15, 0.2) is 29.8 Å². The summed E-state index contributed by atoms with van der Waals surface area (Å²) in [5, 5.41) is 18.1. The predicted octanol–water partition coefficient (Wildman–Crippen LogP) is 2.14. The monoisotopic (exact) mass is 322 g/mol. The molecule has 1 atom stereocenters. The highest BCUT2D eigenvalue weighted by atomic mass is 35.5. The fourth-order valence-corrected chi connectivity index (χ4v) is 2.41. The number of benzene rings is 1. The fourth-order valence-electron chi connectivity index (χ4n) is 1.60. The lowest BCUT2D eigenvalue weighted by Crippen LogP contribution is -2.14. The first kappa shape index (κ1) is 18.3. The van der Waals surface area contributed by atoms with Crippen molar-refractivity contribution in [3.05, 3.63) is 41.0 Å². The quantitative estimate of drug-likeness (QED) is 0.805. The molecule has 7 heteroatoms. The summed E-state index contributed by atoms with van der Waals surface area (Å²) < 4.78 is 0. The molecule has 1 aromatic carbocycles. The normalized spacial score (nSPS) is 11.3. The minimum atomic E-state index is -0.345. The van der Waals surface area contributed by atoms with Crippen molar-refractivity contribution >= 4 is 36.2 Å². The van der Waals surface area contributed by atoms with Gasteiger partial charge >= 0.3 is 0 Å². The first-order chi connectivity index (χ1) is 8.26. The molecule has 0 unspecified atom stereocenters. The summed E-state index contributed by atoms with van der Waals surface area (Å²) in [7, 11) is 0. The zero-order valence-corrected chi connectivity index (χ0v) is 12.5. The first-order valence-electron chi connectivity index (χ1n) is 5.26. The average Bonchev–Trinajstić information content (AvgIpc) is 2.86. The molecule has 0 aliphatic rings. The highest BCUT2D eigenvalue weighted by Crippen LogP contribution is 2.28. The average molecular weight is 323 g/mol. The molecule has 0 fully saturated rings. The lowest BCUT2D eigenvalue weighted by molar-refractivity contribution is 0.268. The minimum Gasteiger partial charge on any atom is -0.394 e. The van der Waals surface area contributed by atoms with Gasteiger partial charge in [-0.05, 0) is 11.1 Å². The molecule has 106 valence electrons. The summed E-state index contributed by atoms with van der Waals surface area (Å²) in [6.45, 7) is -0.126. The standard InChI is InChI=1S/C12H14N2O2S.2ClH/c13-10(5-15)8-1-3-9(4-2-8)12-11(6-16)14-7-17-12;;/h1-4,7,10,15-16H,5-6,13H2;2*1H/t10-;;/m0../s1. The number of thiazole rings is 1. The number of halogens is 2. The molecule has 0 aliphatic carbocycles. The molecule has 0 saturated carbocycles. The Labute approximate surface area is 128 Å². The van der Waals surface area contributed by atoms with Gasteiger partial charge in [-0.2, -0.15) is 0 Å². The first-order valence-corrected chi connectivity index (χ1v) is 6.14. The molecule has 0 aliphatic heterocycles. The molecule has 4 N–H and O–H groups in total. The van der Waals surface area contributed by atoms with E-state index in [1.807, 2.05) is 24.3 Å². The van der Waals surface area contributed by atoms with Gasteiger partial charge in [0.15, 0.2) is 0 Å². The van der Waals surface area contributed by atoms with Gasteiger partial charge in [-0.3, -0.25) is 0 Å². The molecule has 0 radical (unpaired) electrons. The van der Waals surface area contributed by atoms with Crippen LogP contribution in [0, 0.1) is 0 Å². The molecule has 0 saturated heterocycles. The van der Waals surface area contributed by atoms with Crippen molar-refractivity contribution < 1.29 is 10.2 Å². The molecular weight excluding hydrogens is 307 g/mol. The lowest BCUT2D eigenvalue weighted by atomic mass is 10.0. The van der Waals surface area contributed by atoms with Gasteiger partial charge in [0.05, 0.1) is 35.3 Å². The van der Waals surface area contributed by atoms with Crippen molar-refractivity contribution in [2.75, 3.05) is 6.61 Å². The van der Waals surface area contributed by atoms with E-state index in [1.165, 1.54) is 11.3 Å². The number of hydrogen-bond donors (Lipinski definition) is 3. The van der Waals surface area contributed by atoms with Gasteiger partial charge in [-0.15, -0.1) is 36.2 Å². The molecule has 1 aromatic heterocycles. The van der Waals surface area contributed by atoms with Crippen molar-refractivity contribution in [3.63, 3.8) is 0 Å². The number of nitrogens with two attached hydrogens (primary N) is 1.